The molecule has 3 nitrogen and oxygen atoms in total. The summed E-state index contributed by atoms with van der Waals surface area (Å²) >= 11 is 1.74. The normalized spacial score (nSPS) is 10.7. The van der Waals surface area contributed by atoms with Crippen LogP contribution in [-0.4, -0.2) is 14.7 Å². The Morgan fingerprint density at radius 2 is 2.43 bits per heavy atom. The van der Waals surface area contributed by atoms with Gasteiger partial charge in [0.15, 0.2) is 0 Å². The lowest BCUT2D eigenvalue weighted by atomic mass is 10.3. The second-order valence-electron chi connectivity index (χ2n) is 3.24. The van der Waals surface area contributed by atoms with E-state index >= 15 is 0 Å². The van der Waals surface area contributed by atoms with E-state index in [2.05, 4.69) is 23.4 Å². The first kappa shape index (κ1) is 9.43. The van der Waals surface area contributed by atoms with Crippen molar-refractivity contribution < 1.29 is 5.11 Å². The molecule has 1 N–H and O–H groups in total. The van der Waals surface area contributed by atoms with E-state index in [-0.39, 0.29) is 6.61 Å². The molecule has 0 atom stereocenters. The van der Waals surface area contributed by atoms with E-state index in [0.717, 1.165) is 12.2 Å². The van der Waals surface area contributed by atoms with E-state index in [1.807, 2.05) is 4.57 Å². The molecule has 0 aliphatic carbocycles. The number of hydrogen-bond donors (Lipinski definition) is 1. The Morgan fingerprint density at radius 3 is 3.07 bits per heavy atom. The van der Waals surface area contributed by atoms with Crippen molar-refractivity contribution in [2.45, 2.75) is 20.1 Å². The summed E-state index contributed by atoms with van der Waals surface area (Å²) < 4.78 is 1.96. The van der Waals surface area contributed by atoms with Gasteiger partial charge in [-0.25, -0.2) is 4.98 Å². The van der Waals surface area contributed by atoms with Crippen LogP contribution in [0.15, 0.2) is 24.0 Å². The average molecular weight is 208 g/mol. The summed E-state index contributed by atoms with van der Waals surface area (Å²) in [5.74, 6) is 0. The molecule has 0 fully saturated rings. The van der Waals surface area contributed by atoms with Crippen LogP contribution in [0.3, 0.4) is 0 Å². The van der Waals surface area contributed by atoms with E-state index in [1.54, 1.807) is 23.9 Å². The molecule has 74 valence electrons. The number of hydrogen-bond acceptors (Lipinski definition) is 3. The highest BCUT2D eigenvalue weighted by Gasteiger charge is 2.02. The number of imidazole rings is 1. The van der Waals surface area contributed by atoms with Crippen molar-refractivity contribution in [2.24, 2.45) is 0 Å². The molecular weight excluding hydrogens is 196 g/mol. The van der Waals surface area contributed by atoms with Gasteiger partial charge in [0, 0.05) is 11.4 Å². The molecule has 2 rings (SSSR count). The van der Waals surface area contributed by atoms with Crippen LogP contribution in [0.4, 0.5) is 0 Å². The van der Waals surface area contributed by atoms with Crippen molar-refractivity contribution in [1.29, 1.82) is 0 Å². The molecule has 0 aliphatic rings. The van der Waals surface area contributed by atoms with Gasteiger partial charge in [-0.1, -0.05) is 0 Å². The Balaban J connectivity index is 2.18. The predicted molar refractivity (Wildman–Crippen MR) is 56.3 cm³/mol. The van der Waals surface area contributed by atoms with Crippen LogP contribution in [0.5, 0.6) is 0 Å². The molecule has 0 saturated carbocycles. The minimum atomic E-state index is 0.0448. The van der Waals surface area contributed by atoms with Crippen molar-refractivity contribution in [3.05, 3.63) is 40.1 Å². The summed E-state index contributed by atoms with van der Waals surface area (Å²) in [5, 5.41) is 11.2. The quantitative estimate of drug-likeness (QED) is 0.835. The number of aliphatic hydroxyl groups excluding tert-OH is 1. The third-order valence-corrected chi connectivity index (χ3v) is 3.01. The first-order chi connectivity index (χ1) is 6.79. The number of aromatic nitrogens is 2. The van der Waals surface area contributed by atoms with E-state index in [9.17, 15) is 0 Å². The lowest BCUT2D eigenvalue weighted by Gasteiger charge is -2.03. The fourth-order valence-electron chi connectivity index (χ4n) is 1.40. The number of aliphatic hydroxyl groups is 1. The van der Waals surface area contributed by atoms with Gasteiger partial charge in [-0.05, 0) is 23.9 Å². The minimum Gasteiger partial charge on any atom is -0.390 e. The summed E-state index contributed by atoms with van der Waals surface area (Å²) in [7, 11) is 0. The van der Waals surface area contributed by atoms with Gasteiger partial charge in [0.05, 0.1) is 24.8 Å². The van der Waals surface area contributed by atoms with Gasteiger partial charge >= 0.3 is 0 Å². The van der Waals surface area contributed by atoms with Crippen LogP contribution in [0.25, 0.3) is 0 Å². The summed E-state index contributed by atoms with van der Waals surface area (Å²) in [4.78, 5) is 5.31. The van der Waals surface area contributed by atoms with Crippen molar-refractivity contribution in [3.63, 3.8) is 0 Å². The Hall–Kier alpha value is -1.13. The molecule has 0 bridgehead atoms. The monoisotopic (exact) mass is 208 g/mol. The number of thiophene rings is 1. The summed E-state index contributed by atoms with van der Waals surface area (Å²) in [5.41, 5.74) is 2.12. The van der Waals surface area contributed by atoms with Crippen molar-refractivity contribution >= 4 is 11.3 Å². The largest absolute Gasteiger partial charge is 0.390 e. The predicted octanol–water partition coefficient (Wildman–Crippen LogP) is 1.79. The maximum Gasteiger partial charge on any atom is 0.0952 e. The van der Waals surface area contributed by atoms with E-state index in [0.29, 0.717) is 0 Å². The Labute approximate surface area is 86.7 Å². The summed E-state index contributed by atoms with van der Waals surface area (Å²) in [6.07, 6.45) is 3.44. The second-order valence-corrected chi connectivity index (χ2v) is 4.35. The van der Waals surface area contributed by atoms with E-state index in [1.165, 1.54) is 10.4 Å². The maximum atomic E-state index is 9.03. The lowest BCUT2D eigenvalue weighted by molar-refractivity contribution is 0.271. The zero-order valence-corrected chi connectivity index (χ0v) is 8.79. The molecule has 0 aliphatic heterocycles. The zero-order chi connectivity index (χ0) is 9.97. The van der Waals surface area contributed by atoms with Crippen LogP contribution in [-0.2, 0) is 13.2 Å². The van der Waals surface area contributed by atoms with Crippen LogP contribution < -0.4 is 0 Å². The van der Waals surface area contributed by atoms with Crippen LogP contribution in [0, 0.1) is 6.92 Å². The topological polar surface area (TPSA) is 38.0 Å². The first-order valence-electron chi connectivity index (χ1n) is 4.43. The Kier molecular flexibility index (Phi) is 2.65. The second kappa shape index (κ2) is 3.94. The molecule has 0 amide bonds. The maximum absolute atomic E-state index is 9.03. The van der Waals surface area contributed by atoms with Crippen molar-refractivity contribution in [2.75, 3.05) is 0 Å². The Bertz CT molecular complexity index is 419. The van der Waals surface area contributed by atoms with Crippen LogP contribution in [0.2, 0.25) is 0 Å². The number of rotatable bonds is 3. The van der Waals surface area contributed by atoms with Gasteiger partial charge in [0.2, 0.25) is 0 Å². The van der Waals surface area contributed by atoms with Gasteiger partial charge in [-0.3, -0.25) is 0 Å². The zero-order valence-electron chi connectivity index (χ0n) is 7.97. The molecule has 2 aromatic rings. The molecule has 2 heterocycles. The summed E-state index contributed by atoms with van der Waals surface area (Å²) in [6.45, 7) is 2.93. The van der Waals surface area contributed by atoms with Gasteiger partial charge in [-0.2, -0.15) is 0 Å². The molecule has 0 radical (unpaired) electrons. The SMILES string of the molecule is Cc1cc(Cn2cncc2CO)cs1. The average Bonchev–Trinajstić information content (AvgIpc) is 2.76. The minimum absolute atomic E-state index is 0.0448. The van der Waals surface area contributed by atoms with Crippen LogP contribution in [0.1, 0.15) is 16.1 Å². The highest BCUT2D eigenvalue weighted by atomic mass is 32.1. The van der Waals surface area contributed by atoms with Gasteiger partial charge < -0.3 is 9.67 Å². The third-order valence-electron chi connectivity index (χ3n) is 2.10. The van der Waals surface area contributed by atoms with Crippen LogP contribution >= 0.6 is 11.3 Å². The Morgan fingerprint density at radius 1 is 1.57 bits per heavy atom. The molecule has 2 aromatic heterocycles. The highest BCUT2D eigenvalue weighted by Crippen LogP contribution is 2.15. The fourth-order valence-corrected chi connectivity index (χ4v) is 2.10. The number of nitrogens with zero attached hydrogens (tertiary/aromatic N) is 2. The standard InChI is InChI=1S/C10H12N2OS/c1-8-2-9(6-14-8)4-12-7-11-3-10(12)5-13/h2-3,6-7,13H,4-5H2,1H3. The van der Waals surface area contributed by atoms with E-state index < -0.39 is 0 Å². The molecule has 0 spiro atoms. The highest BCUT2D eigenvalue weighted by molar-refractivity contribution is 7.10. The molecule has 0 saturated heterocycles. The first-order valence-corrected chi connectivity index (χ1v) is 5.31. The van der Waals surface area contributed by atoms with Crippen molar-refractivity contribution in [3.8, 4) is 0 Å². The molecule has 0 aromatic carbocycles. The molecule has 0 unspecified atom stereocenters. The summed E-state index contributed by atoms with van der Waals surface area (Å²) in [6, 6.07) is 2.16. The smallest absolute Gasteiger partial charge is 0.0952 e. The van der Waals surface area contributed by atoms with Gasteiger partial charge in [0.1, 0.15) is 0 Å². The molecule has 14 heavy (non-hydrogen) atoms. The number of aryl methyl sites for hydroxylation is 1. The van der Waals surface area contributed by atoms with Gasteiger partial charge in [-0.15, -0.1) is 11.3 Å². The van der Waals surface area contributed by atoms with E-state index in [4.69, 9.17) is 5.11 Å². The van der Waals surface area contributed by atoms with Crippen molar-refractivity contribution in [1.82, 2.24) is 9.55 Å². The molecule has 4 heteroatoms. The third kappa shape index (κ3) is 1.86. The lowest BCUT2D eigenvalue weighted by Crippen LogP contribution is -2.01. The fraction of sp³-hybridized carbons (Fsp3) is 0.300. The molecular formula is C10H12N2OS. The van der Waals surface area contributed by atoms with Gasteiger partial charge in [0.25, 0.3) is 0 Å².